The lowest BCUT2D eigenvalue weighted by atomic mass is 9.94. The summed E-state index contributed by atoms with van der Waals surface area (Å²) in [4.78, 5) is 24.9. The van der Waals surface area contributed by atoms with Gasteiger partial charge in [-0.15, -0.1) is 0 Å². The molecule has 0 aliphatic carbocycles. The number of rotatable bonds is 2. The molecule has 1 atom stereocenters. The molecule has 1 N–H and O–H groups in total. The molecule has 0 aromatic carbocycles. The average Bonchev–Trinajstić information content (AvgIpc) is 3.22. The second kappa shape index (κ2) is 5.72. The van der Waals surface area contributed by atoms with Gasteiger partial charge in [0.05, 0.1) is 11.7 Å². The van der Waals surface area contributed by atoms with Crippen molar-refractivity contribution in [3.05, 3.63) is 36.3 Å². The fraction of sp³-hybridized carbons (Fsp3) is 0.353. The van der Waals surface area contributed by atoms with Crippen LogP contribution in [0.15, 0.2) is 30.7 Å². The number of amides is 1. The first-order valence-electron chi connectivity index (χ1n) is 7.97. The van der Waals surface area contributed by atoms with Crippen molar-refractivity contribution in [1.29, 1.82) is 0 Å². The maximum Gasteiger partial charge on any atom is 0.397 e. The summed E-state index contributed by atoms with van der Waals surface area (Å²) in [6.07, 6.45) is -0.0832. The monoisotopic (exact) mass is 348 g/mol. The highest BCUT2D eigenvalue weighted by Gasteiger charge is 2.36. The van der Waals surface area contributed by atoms with Crippen molar-refractivity contribution in [2.75, 3.05) is 13.1 Å². The standard InChI is InChI=1S/C17H15F3N4O/c18-17(19,20)7-14(25)24-6-3-10(9-24)11-1-4-21-13-8-23-16-12(15(11)13)2-5-22-16/h1-2,4-5,8,10H,3,6-7,9H2,(H,22,23). The van der Waals surface area contributed by atoms with Crippen LogP contribution < -0.4 is 0 Å². The topological polar surface area (TPSA) is 61.9 Å². The molecule has 1 fully saturated rings. The third-order valence-electron chi connectivity index (χ3n) is 4.66. The Morgan fingerprint density at radius 3 is 2.96 bits per heavy atom. The zero-order chi connectivity index (χ0) is 17.6. The van der Waals surface area contributed by atoms with Crippen LogP contribution in [-0.2, 0) is 4.79 Å². The maximum absolute atomic E-state index is 12.5. The zero-order valence-electron chi connectivity index (χ0n) is 13.2. The predicted octanol–water partition coefficient (Wildman–Crippen LogP) is 3.38. The molecular weight excluding hydrogens is 333 g/mol. The SMILES string of the molecule is O=C(CC(F)(F)F)N1CCC(c2ccnc3cnc4[nH]ccc4c23)C1. The van der Waals surface area contributed by atoms with Crippen LogP contribution >= 0.6 is 0 Å². The Bertz CT molecular complexity index is 950. The highest BCUT2D eigenvalue weighted by Crippen LogP contribution is 2.35. The van der Waals surface area contributed by atoms with E-state index in [1.165, 1.54) is 4.90 Å². The number of pyridine rings is 2. The average molecular weight is 348 g/mol. The van der Waals surface area contributed by atoms with E-state index in [0.29, 0.717) is 19.5 Å². The van der Waals surface area contributed by atoms with E-state index in [1.54, 1.807) is 18.6 Å². The van der Waals surface area contributed by atoms with Crippen LogP contribution in [-0.4, -0.2) is 45.0 Å². The van der Waals surface area contributed by atoms with Crippen LogP contribution in [0.2, 0.25) is 0 Å². The number of aromatic nitrogens is 3. The highest BCUT2D eigenvalue weighted by molar-refractivity contribution is 6.05. The Balaban J connectivity index is 1.67. The lowest BCUT2D eigenvalue weighted by Gasteiger charge is -2.18. The Kier molecular flexibility index (Phi) is 3.63. The normalized spacial score (nSPS) is 18.4. The molecule has 25 heavy (non-hydrogen) atoms. The molecule has 8 heteroatoms. The summed E-state index contributed by atoms with van der Waals surface area (Å²) < 4.78 is 37.4. The lowest BCUT2D eigenvalue weighted by molar-refractivity contribution is -0.160. The number of halogens is 3. The first-order valence-corrected chi connectivity index (χ1v) is 7.97. The van der Waals surface area contributed by atoms with Crippen LogP contribution in [0.1, 0.15) is 24.3 Å². The number of H-pyrrole nitrogens is 1. The van der Waals surface area contributed by atoms with Crippen molar-refractivity contribution in [2.45, 2.75) is 24.9 Å². The Labute approximate surface area is 140 Å². The van der Waals surface area contributed by atoms with Gasteiger partial charge in [-0.2, -0.15) is 13.2 Å². The van der Waals surface area contributed by atoms with Crippen molar-refractivity contribution in [3.63, 3.8) is 0 Å². The molecule has 5 nitrogen and oxygen atoms in total. The Hall–Kier alpha value is -2.64. The fourth-order valence-electron chi connectivity index (χ4n) is 3.54. The quantitative estimate of drug-likeness (QED) is 0.772. The molecule has 3 aromatic heterocycles. The van der Waals surface area contributed by atoms with E-state index in [9.17, 15) is 18.0 Å². The number of hydrogen-bond acceptors (Lipinski definition) is 3. The van der Waals surface area contributed by atoms with E-state index in [1.807, 2.05) is 12.1 Å². The van der Waals surface area contributed by atoms with Crippen LogP contribution in [0.5, 0.6) is 0 Å². The minimum absolute atomic E-state index is 0.0109. The molecular formula is C17H15F3N4O. The summed E-state index contributed by atoms with van der Waals surface area (Å²) in [7, 11) is 0. The molecule has 130 valence electrons. The third-order valence-corrected chi connectivity index (χ3v) is 4.66. The number of fused-ring (bicyclic) bond motifs is 3. The van der Waals surface area contributed by atoms with Gasteiger partial charge < -0.3 is 9.88 Å². The smallest absolute Gasteiger partial charge is 0.346 e. The summed E-state index contributed by atoms with van der Waals surface area (Å²) in [5, 5.41) is 1.88. The van der Waals surface area contributed by atoms with Gasteiger partial charge in [0.2, 0.25) is 5.91 Å². The molecule has 0 radical (unpaired) electrons. The molecule has 4 rings (SSSR count). The van der Waals surface area contributed by atoms with E-state index in [-0.39, 0.29) is 5.92 Å². The van der Waals surface area contributed by atoms with E-state index in [0.717, 1.165) is 27.5 Å². The molecule has 1 aliphatic heterocycles. The number of carbonyl (C=O) groups excluding carboxylic acids is 1. The largest absolute Gasteiger partial charge is 0.397 e. The van der Waals surface area contributed by atoms with Gasteiger partial charge in [0.25, 0.3) is 0 Å². The van der Waals surface area contributed by atoms with Crippen LogP contribution in [0.25, 0.3) is 21.9 Å². The predicted molar refractivity (Wildman–Crippen MR) is 86.0 cm³/mol. The number of hydrogen-bond donors (Lipinski definition) is 1. The van der Waals surface area contributed by atoms with Crippen molar-refractivity contribution in [2.24, 2.45) is 0 Å². The first kappa shape index (κ1) is 15.9. The van der Waals surface area contributed by atoms with Gasteiger partial charge in [-0.1, -0.05) is 0 Å². The number of nitrogens with one attached hydrogen (secondary N) is 1. The van der Waals surface area contributed by atoms with Gasteiger partial charge in [-0.05, 0) is 24.1 Å². The van der Waals surface area contributed by atoms with Gasteiger partial charge in [-0.3, -0.25) is 9.78 Å². The van der Waals surface area contributed by atoms with Gasteiger partial charge in [0, 0.05) is 42.2 Å². The molecule has 0 saturated carbocycles. The summed E-state index contributed by atoms with van der Waals surface area (Å²) >= 11 is 0. The first-order chi connectivity index (χ1) is 11.9. The minimum Gasteiger partial charge on any atom is -0.346 e. The van der Waals surface area contributed by atoms with Crippen molar-refractivity contribution >= 4 is 27.8 Å². The second-order valence-corrected chi connectivity index (χ2v) is 6.28. The Morgan fingerprint density at radius 2 is 2.16 bits per heavy atom. The van der Waals surface area contributed by atoms with E-state index in [4.69, 9.17) is 0 Å². The summed E-state index contributed by atoms with van der Waals surface area (Å²) in [6, 6.07) is 3.80. The highest BCUT2D eigenvalue weighted by atomic mass is 19.4. The van der Waals surface area contributed by atoms with Gasteiger partial charge >= 0.3 is 6.18 Å². The van der Waals surface area contributed by atoms with Crippen molar-refractivity contribution < 1.29 is 18.0 Å². The Morgan fingerprint density at radius 1 is 1.32 bits per heavy atom. The molecule has 1 aliphatic rings. The van der Waals surface area contributed by atoms with Crippen molar-refractivity contribution in [3.8, 4) is 0 Å². The van der Waals surface area contributed by atoms with Gasteiger partial charge in [0.1, 0.15) is 12.1 Å². The lowest BCUT2D eigenvalue weighted by Crippen LogP contribution is -2.32. The molecule has 0 bridgehead atoms. The van der Waals surface area contributed by atoms with Crippen molar-refractivity contribution in [1.82, 2.24) is 19.9 Å². The van der Waals surface area contributed by atoms with E-state index >= 15 is 0 Å². The number of likely N-dealkylation sites (tertiary alicyclic amines) is 1. The number of nitrogens with zero attached hydrogens (tertiary/aromatic N) is 3. The summed E-state index contributed by atoms with van der Waals surface area (Å²) in [5.41, 5.74) is 2.48. The van der Waals surface area contributed by atoms with Gasteiger partial charge in [0.15, 0.2) is 0 Å². The zero-order valence-corrected chi connectivity index (χ0v) is 13.2. The van der Waals surface area contributed by atoms with Crippen LogP contribution in [0, 0.1) is 0 Å². The van der Waals surface area contributed by atoms with E-state index < -0.39 is 18.5 Å². The second-order valence-electron chi connectivity index (χ2n) is 6.28. The minimum atomic E-state index is -4.47. The number of carbonyl (C=O) groups is 1. The molecule has 4 heterocycles. The molecule has 1 saturated heterocycles. The molecule has 1 amide bonds. The van der Waals surface area contributed by atoms with E-state index in [2.05, 4.69) is 15.0 Å². The molecule has 3 aromatic rings. The third kappa shape index (κ3) is 2.92. The van der Waals surface area contributed by atoms with Crippen LogP contribution in [0.3, 0.4) is 0 Å². The summed E-state index contributed by atoms with van der Waals surface area (Å²) in [5.74, 6) is -0.870. The maximum atomic E-state index is 12.5. The number of aromatic amines is 1. The molecule has 0 spiro atoms. The molecule has 1 unspecified atom stereocenters. The van der Waals surface area contributed by atoms with Crippen LogP contribution in [0.4, 0.5) is 13.2 Å². The fourth-order valence-corrected chi connectivity index (χ4v) is 3.54. The number of alkyl halides is 3. The van der Waals surface area contributed by atoms with Gasteiger partial charge in [-0.25, -0.2) is 4.98 Å². The summed E-state index contributed by atoms with van der Waals surface area (Å²) in [6.45, 7) is 0.632.